The Kier molecular flexibility index (Phi) is 11.1. The van der Waals surface area contributed by atoms with Crippen LogP contribution in [0.2, 0.25) is 0 Å². The molecule has 172 valence electrons. The van der Waals surface area contributed by atoms with Gasteiger partial charge in [0.25, 0.3) is 0 Å². The maximum absolute atomic E-state index is 12.4. The highest BCUT2D eigenvalue weighted by Crippen LogP contribution is 2.22. The zero-order valence-electron chi connectivity index (χ0n) is 20.3. The smallest absolute Gasteiger partial charge is 0.238 e. The first kappa shape index (κ1) is 26.5. The second-order valence-corrected chi connectivity index (χ2v) is 8.06. The van der Waals surface area contributed by atoms with Crippen LogP contribution in [0.4, 0.5) is 0 Å². The molecular formula is C26H39NO4. The largest absolute Gasteiger partial charge is 0.488 e. The van der Waals surface area contributed by atoms with Gasteiger partial charge in [-0.05, 0) is 46.1 Å². The van der Waals surface area contributed by atoms with Crippen LogP contribution in [0, 0.1) is 12.8 Å². The average Bonchev–Trinajstić information content (AvgIpc) is 2.73. The molecule has 0 aliphatic carbocycles. The number of methoxy groups -OCH3 is 2. The van der Waals surface area contributed by atoms with Gasteiger partial charge in [0, 0.05) is 23.6 Å². The lowest BCUT2D eigenvalue weighted by atomic mass is 9.95. The minimum Gasteiger partial charge on any atom is -0.488 e. The molecular weight excluding hydrogens is 390 g/mol. The summed E-state index contributed by atoms with van der Waals surface area (Å²) in [7, 11) is 2.97. The Labute approximate surface area is 187 Å². The molecule has 0 bridgehead atoms. The maximum Gasteiger partial charge on any atom is 0.238 e. The van der Waals surface area contributed by atoms with E-state index < -0.39 is 6.10 Å². The lowest BCUT2D eigenvalue weighted by Crippen LogP contribution is -2.17. The van der Waals surface area contributed by atoms with Crippen LogP contribution < -0.4 is 14.9 Å². The van der Waals surface area contributed by atoms with Gasteiger partial charge in [0.1, 0.15) is 0 Å². The van der Waals surface area contributed by atoms with Crippen LogP contribution in [0.5, 0.6) is 11.6 Å². The highest BCUT2D eigenvalue weighted by Gasteiger charge is 2.15. The van der Waals surface area contributed by atoms with E-state index in [4.69, 9.17) is 9.47 Å². The SMILES string of the molecule is CC/C=C(\C)[C@@H](O)[C@@H](C)/C=C(C)/C=C/C/C(C)=C/Cc1[nH]c(OC)c(OC)c(=O)c1C. The number of aliphatic hydroxyl groups excluding tert-OH is 1. The first-order chi connectivity index (χ1) is 14.7. The molecule has 0 aliphatic rings. The van der Waals surface area contributed by atoms with Gasteiger partial charge < -0.3 is 19.6 Å². The predicted molar refractivity (Wildman–Crippen MR) is 129 cm³/mol. The quantitative estimate of drug-likeness (QED) is 0.363. The first-order valence-electron chi connectivity index (χ1n) is 10.8. The van der Waals surface area contributed by atoms with E-state index in [2.05, 4.69) is 56.1 Å². The fraction of sp³-hybridized carbons (Fsp3) is 0.500. The molecule has 0 saturated heterocycles. The van der Waals surface area contributed by atoms with Gasteiger partial charge in [-0.25, -0.2) is 0 Å². The van der Waals surface area contributed by atoms with Gasteiger partial charge >= 0.3 is 0 Å². The van der Waals surface area contributed by atoms with E-state index in [1.54, 1.807) is 6.92 Å². The number of aromatic amines is 1. The van der Waals surface area contributed by atoms with E-state index in [1.165, 1.54) is 19.8 Å². The molecule has 0 aliphatic heterocycles. The normalized spacial score (nSPS) is 15.3. The van der Waals surface area contributed by atoms with E-state index in [9.17, 15) is 9.90 Å². The van der Waals surface area contributed by atoms with Gasteiger partial charge in [0.05, 0.1) is 20.3 Å². The number of aromatic nitrogens is 1. The molecule has 2 N–H and O–H groups in total. The second kappa shape index (κ2) is 13.0. The molecule has 0 fully saturated rings. The Morgan fingerprint density at radius 2 is 1.84 bits per heavy atom. The molecule has 0 saturated carbocycles. The van der Waals surface area contributed by atoms with Crippen molar-refractivity contribution < 1.29 is 14.6 Å². The summed E-state index contributed by atoms with van der Waals surface area (Å²) >= 11 is 0. The zero-order valence-corrected chi connectivity index (χ0v) is 20.3. The molecule has 0 unspecified atom stereocenters. The lowest BCUT2D eigenvalue weighted by Gasteiger charge is -2.17. The number of hydrogen-bond donors (Lipinski definition) is 2. The van der Waals surface area contributed by atoms with Gasteiger partial charge in [-0.15, -0.1) is 0 Å². The van der Waals surface area contributed by atoms with Crippen LogP contribution in [-0.4, -0.2) is 30.4 Å². The predicted octanol–water partition coefficient (Wildman–Crippen LogP) is 5.44. The Morgan fingerprint density at radius 3 is 2.42 bits per heavy atom. The Bertz CT molecular complexity index is 903. The molecule has 0 spiro atoms. The molecule has 31 heavy (non-hydrogen) atoms. The Morgan fingerprint density at radius 1 is 1.16 bits per heavy atom. The number of aliphatic hydroxyl groups is 1. The molecule has 5 heteroatoms. The van der Waals surface area contributed by atoms with Crippen molar-refractivity contribution in [2.24, 2.45) is 5.92 Å². The van der Waals surface area contributed by atoms with E-state index >= 15 is 0 Å². The molecule has 0 aromatic carbocycles. The van der Waals surface area contributed by atoms with Gasteiger partial charge in [-0.2, -0.15) is 0 Å². The standard InChI is InChI=1S/C26H39NO4/c1-9-11-19(4)23(28)20(5)16-18(3)13-10-12-17(2)14-15-22-21(6)24(29)25(30-7)26(27-22)31-8/h10-11,13-14,16,20,23,28H,9,12,15H2,1-8H3,(H,27,29)/b13-10+,17-14+,18-16+,19-11+/t20-,23+/m0/s1. The number of nitrogens with one attached hydrogen (secondary N) is 1. The fourth-order valence-electron chi connectivity index (χ4n) is 3.44. The number of H-pyrrole nitrogens is 1. The monoisotopic (exact) mass is 429 g/mol. The van der Waals surface area contributed by atoms with Crippen molar-refractivity contribution >= 4 is 0 Å². The molecule has 5 nitrogen and oxygen atoms in total. The van der Waals surface area contributed by atoms with Crippen LogP contribution in [0.25, 0.3) is 0 Å². The number of ether oxygens (including phenoxy) is 2. The maximum atomic E-state index is 12.4. The number of pyridine rings is 1. The van der Waals surface area contributed by atoms with Crippen molar-refractivity contribution in [3.8, 4) is 11.6 Å². The summed E-state index contributed by atoms with van der Waals surface area (Å²) in [5.41, 5.74) is 4.65. The van der Waals surface area contributed by atoms with Crippen molar-refractivity contribution in [2.75, 3.05) is 14.2 Å². The number of hydrogen-bond acceptors (Lipinski definition) is 4. The van der Waals surface area contributed by atoms with Crippen molar-refractivity contribution in [1.82, 2.24) is 4.98 Å². The van der Waals surface area contributed by atoms with E-state index in [1.807, 2.05) is 13.8 Å². The van der Waals surface area contributed by atoms with Crippen molar-refractivity contribution in [3.63, 3.8) is 0 Å². The van der Waals surface area contributed by atoms with Gasteiger partial charge in [-0.3, -0.25) is 4.79 Å². The van der Waals surface area contributed by atoms with Gasteiger partial charge in [0.15, 0.2) is 0 Å². The summed E-state index contributed by atoms with van der Waals surface area (Å²) in [5, 5.41) is 10.4. The summed E-state index contributed by atoms with van der Waals surface area (Å²) in [5.74, 6) is 0.614. The third-order valence-corrected chi connectivity index (χ3v) is 5.37. The lowest BCUT2D eigenvalue weighted by molar-refractivity contribution is 0.172. The number of allylic oxidation sites excluding steroid dienone is 6. The molecule has 1 aromatic heterocycles. The highest BCUT2D eigenvalue weighted by atomic mass is 16.5. The molecule has 0 amide bonds. The van der Waals surface area contributed by atoms with Crippen LogP contribution in [0.3, 0.4) is 0 Å². The van der Waals surface area contributed by atoms with Crippen molar-refractivity contribution in [1.29, 1.82) is 0 Å². The summed E-state index contributed by atoms with van der Waals surface area (Å²) in [6, 6.07) is 0. The summed E-state index contributed by atoms with van der Waals surface area (Å²) in [4.78, 5) is 15.6. The zero-order chi connectivity index (χ0) is 23.6. The van der Waals surface area contributed by atoms with Crippen molar-refractivity contribution in [2.45, 2.75) is 66.9 Å². The van der Waals surface area contributed by atoms with Crippen molar-refractivity contribution in [3.05, 3.63) is 68.6 Å². The molecule has 1 rings (SSSR count). The summed E-state index contributed by atoms with van der Waals surface area (Å²) in [6.07, 6.45) is 12.4. The average molecular weight is 430 g/mol. The van der Waals surface area contributed by atoms with Crippen LogP contribution >= 0.6 is 0 Å². The number of rotatable bonds is 11. The molecule has 1 aromatic rings. The topological polar surface area (TPSA) is 71.6 Å². The van der Waals surface area contributed by atoms with Crippen LogP contribution in [0.1, 0.15) is 58.7 Å². The highest BCUT2D eigenvalue weighted by molar-refractivity contribution is 5.40. The third kappa shape index (κ3) is 7.91. The molecule has 2 atom stereocenters. The third-order valence-electron chi connectivity index (χ3n) is 5.37. The van der Waals surface area contributed by atoms with E-state index in [-0.39, 0.29) is 17.1 Å². The molecule has 0 radical (unpaired) electrons. The Hall–Kier alpha value is -2.53. The van der Waals surface area contributed by atoms with Gasteiger partial charge in [0.2, 0.25) is 17.1 Å². The fourth-order valence-corrected chi connectivity index (χ4v) is 3.44. The van der Waals surface area contributed by atoms with Gasteiger partial charge in [-0.1, -0.05) is 55.4 Å². The summed E-state index contributed by atoms with van der Waals surface area (Å²) < 4.78 is 10.4. The van der Waals surface area contributed by atoms with Crippen LogP contribution in [-0.2, 0) is 6.42 Å². The van der Waals surface area contributed by atoms with E-state index in [0.29, 0.717) is 17.9 Å². The molecule has 1 heterocycles. The van der Waals surface area contributed by atoms with Crippen LogP contribution in [0.15, 0.2) is 51.9 Å². The Balaban J connectivity index is 2.79. The first-order valence-corrected chi connectivity index (χ1v) is 10.8. The minimum absolute atomic E-state index is 0.0638. The van der Waals surface area contributed by atoms with E-state index in [0.717, 1.165) is 29.7 Å². The second-order valence-electron chi connectivity index (χ2n) is 8.06. The minimum atomic E-state index is -0.447. The summed E-state index contributed by atoms with van der Waals surface area (Å²) in [6.45, 7) is 12.0.